The maximum Gasteiger partial charge on any atom is 0.405 e. The van der Waals surface area contributed by atoms with Gasteiger partial charge in [0.25, 0.3) is 0 Å². The molecule has 1 aliphatic heterocycles. The third-order valence-electron chi connectivity index (χ3n) is 4.67. The fourth-order valence-corrected chi connectivity index (χ4v) is 3.34. The third kappa shape index (κ3) is 5.46. The van der Waals surface area contributed by atoms with Crippen molar-refractivity contribution in [2.45, 2.75) is 31.5 Å². The van der Waals surface area contributed by atoms with Crippen molar-refractivity contribution in [2.75, 3.05) is 38.2 Å². The van der Waals surface area contributed by atoms with Gasteiger partial charge in [-0.05, 0) is 42.5 Å². The summed E-state index contributed by atoms with van der Waals surface area (Å²) in [6.07, 6.45) is -1.12. The van der Waals surface area contributed by atoms with E-state index in [0.717, 1.165) is 24.9 Å². The number of aliphatic imine (C=N–C) groups is 1. The second-order valence-electron chi connectivity index (χ2n) is 6.39. The van der Waals surface area contributed by atoms with Gasteiger partial charge in [-0.15, -0.1) is 24.0 Å². The lowest BCUT2D eigenvalue weighted by atomic mass is 10.1. The maximum atomic E-state index is 13.3. The van der Waals surface area contributed by atoms with Crippen LogP contribution >= 0.6 is 24.0 Å². The number of nitrogens with two attached hydrogens (primary N) is 1. The van der Waals surface area contributed by atoms with Gasteiger partial charge in [-0.2, -0.15) is 13.2 Å². The molecule has 26 heavy (non-hydrogen) atoms. The average molecular weight is 484 g/mol. The van der Waals surface area contributed by atoms with Gasteiger partial charge in [0.2, 0.25) is 0 Å². The van der Waals surface area contributed by atoms with Gasteiger partial charge >= 0.3 is 6.18 Å². The number of fused-ring (bicyclic) bond motifs is 1. The molecule has 1 aliphatic carbocycles. The van der Waals surface area contributed by atoms with Crippen LogP contribution in [-0.4, -0.2) is 55.9 Å². The summed E-state index contributed by atoms with van der Waals surface area (Å²) in [4.78, 5) is 5.29. The molecule has 1 heterocycles. The van der Waals surface area contributed by atoms with Crippen molar-refractivity contribution in [3.63, 3.8) is 0 Å². The number of nitrogens with zero attached hydrogens (tertiary/aromatic N) is 2. The smallest absolute Gasteiger partial charge is 0.379 e. The molecule has 1 aromatic carbocycles. The van der Waals surface area contributed by atoms with Crippen LogP contribution in [0.2, 0.25) is 0 Å². The van der Waals surface area contributed by atoms with Crippen molar-refractivity contribution < 1.29 is 17.9 Å². The molecule has 3 rings (SSSR count). The molecule has 1 fully saturated rings. The molecule has 1 atom stereocenters. The normalized spacial score (nSPS) is 19.6. The van der Waals surface area contributed by atoms with Crippen molar-refractivity contribution in [1.82, 2.24) is 4.90 Å². The first kappa shape index (κ1) is 21.2. The molecule has 0 amide bonds. The Morgan fingerprint density at radius 2 is 1.92 bits per heavy atom. The molecule has 1 unspecified atom stereocenters. The van der Waals surface area contributed by atoms with Crippen molar-refractivity contribution in [2.24, 2.45) is 10.7 Å². The zero-order chi connectivity index (χ0) is 17.9. The first-order valence-corrected chi connectivity index (χ1v) is 8.51. The summed E-state index contributed by atoms with van der Waals surface area (Å²) in [5.74, 6) is 0.000423. The van der Waals surface area contributed by atoms with Gasteiger partial charge in [-0.3, -0.25) is 9.89 Å². The first-order chi connectivity index (χ1) is 11.9. The molecule has 0 spiro atoms. The Labute approximate surface area is 168 Å². The van der Waals surface area contributed by atoms with Gasteiger partial charge in [0.1, 0.15) is 6.04 Å². The van der Waals surface area contributed by atoms with E-state index in [1.54, 1.807) is 0 Å². The standard InChI is InChI=1S/C17H23F3N4O.HI/c18-17(19,20)15(24-6-8-25-9-7-24)11-22-16(21)23-14-5-4-12-2-1-3-13(12)10-14;/h4-5,10,15H,1-3,6-9,11H2,(H3,21,22,23);1H. The predicted molar refractivity (Wildman–Crippen MR) is 106 cm³/mol. The molecular weight excluding hydrogens is 460 g/mol. The van der Waals surface area contributed by atoms with Crippen LogP contribution in [0.5, 0.6) is 0 Å². The van der Waals surface area contributed by atoms with Crippen molar-refractivity contribution >= 4 is 35.6 Å². The molecule has 0 radical (unpaired) electrons. The Kier molecular flexibility index (Phi) is 7.53. The van der Waals surface area contributed by atoms with Crippen LogP contribution in [0.1, 0.15) is 17.5 Å². The van der Waals surface area contributed by atoms with E-state index in [-0.39, 0.29) is 43.0 Å². The zero-order valence-corrected chi connectivity index (χ0v) is 16.7. The zero-order valence-electron chi connectivity index (χ0n) is 14.4. The van der Waals surface area contributed by atoms with Gasteiger partial charge in [-0.25, -0.2) is 0 Å². The highest BCUT2D eigenvalue weighted by molar-refractivity contribution is 14.0. The number of anilines is 1. The Morgan fingerprint density at radius 3 is 2.62 bits per heavy atom. The Morgan fingerprint density at radius 1 is 1.23 bits per heavy atom. The van der Waals surface area contributed by atoms with Crippen molar-refractivity contribution in [1.29, 1.82) is 0 Å². The number of benzene rings is 1. The largest absolute Gasteiger partial charge is 0.405 e. The van der Waals surface area contributed by atoms with Crippen LogP contribution in [0.25, 0.3) is 0 Å². The van der Waals surface area contributed by atoms with Crippen molar-refractivity contribution in [3.8, 4) is 0 Å². The van der Waals surface area contributed by atoms with Gasteiger partial charge in [-0.1, -0.05) is 6.07 Å². The van der Waals surface area contributed by atoms with Crippen LogP contribution in [0.4, 0.5) is 18.9 Å². The number of hydrogen-bond acceptors (Lipinski definition) is 3. The summed E-state index contributed by atoms with van der Waals surface area (Å²) in [7, 11) is 0. The van der Waals surface area contributed by atoms with E-state index in [1.165, 1.54) is 16.0 Å². The molecular formula is C17H24F3IN4O. The number of morpholine rings is 1. The number of ether oxygens (including phenoxy) is 1. The summed E-state index contributed by atoms with van der Waals surface area (Å²) >= 11 is 0. The summed E-state index contributed by atoms with van der Waals surface area (Å²) in [5.41, 5.74) is 9.15. The molecule has 5 nitrogen and oxygen atoms in total. The number of aryl methyl sites for hydroxylation is 2. The van der Waals surface area contributed by atoms with Gasteiger partial charge in [0, 0.05) is 18.8 Å². The number of guanidine groups is 1. The van der Waals surface area contributed by atoms with Crippen LogP contribution in [0.3, 0.4) is 0 Å². The quantitative estimate of drug-likeness (QED) is 0.392. The second kappa shape index (κ2) is 9.23. The third-order valence-corrected chi connectivity index (χ3v) is 4.67. The molecule has 146 valence electrons. The minimum absolute atomic E-state index is 0. The SMILES string of the molecule is I.NC(=NCC(N1CCOCC1)C(F)(F)F)Nc1ccc2c(c1)CCC2. The number of hydrogen-bond donors (Lipinski definition) is 2. The monoisotopic (exact) mass is 484 g/mol. The Balaban J connectivity index is 0.00000243. The van der Waals surface area contributed by atoms with Gasteiger partial charge in [0.05, 0.1) is 19.8 Å². The average Bonchev–Trinajstić information content (AvgIpc) is 3.02. The summed E-state index contributed by atoms with van der Waals surface area (Å²) in [5, 5.41) is 2.90. The van der Waals surface area contributed by atoms with Gasteiger partial charge < -0.3 is 15.8 Å². The second-order valence-corrected chi connectivity index (χ2v) is 6.39. The molecule has 2 aliphatic rings. The highest BCUT2D eigenvalue weighted by atomic mass is 127. The molecule has 0 saturated carbocycles. The highest BCUT2D eigenvalue weighted by Crippen LogP contribution is 2.26. The summed E-state index contributed by atoms with van der Waals surface area (Å²) < 4.78 is 45.1. The van der Waals surface area contributed by atoms with E-state index < -0.39 is 18.8 Å². The minimum atomic E-state index is -4.35. The van der Waals surface area contributed by atoms with Crippen LogP contribution in [0.15, 0.2) is 23.2 Å². The lowest BCUT2D eigenvalue weighted by molar-refractivity contribution is -0.188. The van der Waals surface area contributed by atoms with Crippen LogP contribution in [-0.2, 0) is 17.6 Å². The predicted octanol–water partition coefficient (Wildman–Crippen LogP) is 2.78. The van der Waals surface area contributed by atoms with Crippen molar-refractivity contribution in [3.05, 3.63) is 29.3 Å². The molecule has 0 bridgehead atoms. The molecule has 9 heteroatoms. The van der Waals surface area contributed by atoms with E-state index in [1.807, 2.05) is 18.2 Å². The van der Waals surface area contributed by atoms with Gasteiger partial charge in [0.15, 0.2) is 5.96 Å². The summed E-state index contributed by atoms with van der Waals surface area (Å²) in [6, 6.07) is 4.27. The van der Waals surface area contributed by atoms with Crippen LogP contribution < -0.4 is 11.1 Å². The van der Waals surface area contributed by atoms with E-state index in [0.29, 0.717) is 13.2 Å². The molecule has 3 N–H and O–H groups in total. The minimum Gasteiger partial charge on any atom is -0.379 e. The van der Waals surface area contributed by atoms with E-state index >= 15 is 0 Å². The molecule has 0 aromatic heterocycles. The highest BCUT2D eigenvalue weighted by Gasteiger charge is 2.43. The number of rotatable bonds is 4. The number of halogens is 4. The van der Waals surface area contributed by atoms with E-state index in [4.69, 9.17) is 10.5 Å². The maximum absolute atomic E-state index is 13.3. The van der Waals surface area contributed by atoms with E-state index in [2.05, 4.69) is 10.3 Å². The molecule has 1 saturated heterocycles. The fourth-order valence-electron chi connectivity index (χ4n) is 3.34. The van der Waals surface area contributed by atoms with E-state index in [9.17, 15) is 13.2 Å². The Hall–Kier alpha value is -1.07. The topological polar surface area (TPSA) is 62.9 Å². The Bertz CT molecular complexity index is 633. The first-order valence-electron chi connectivity index (χ1n) is 8.51. The summed E-state index contributed by atoms with van der Waals surface area (Å²) in [6.45, 7) is 0.682. The lowest BCUT2D eigenvalue weighted by Gasteiger charge is -2.34. The lowest BCUT2D eigenvalue weighted by Crippen LogP contribution is -2.52. The van der Waals surface area contributed by atoms with Crippen LogP contribution in [0, 0.1) is 0 Å². The number of alkyl halides is 3. The fraction of sp³-hybridized carbons (Fsp3) is 0.588. The number of nitrogens with one attached hydrogen (secondary N) is 1. The molecule has 1 aromatic rings.